The zero-order chi connectivity index (χ0) is 17.8. The van der Waals surface area contributed by atoms with Crippen LogP contribution in [0, 0.1) is 11.8 Å². The molecule has 0 amide bonds. The lowest BCUT2D eigenvalue weighted by atomic mass is 9.89. The fourth-order valence-electron chi connectivity index (χ4n) is 3.50. The number of Topliss-reactive ketones (excluding diaryl/α,β-unsaturated/α-hetero) is 1. The second-order valence-electron chi connectivity index (χ2n) is 7.07. The number of carbonyl (C=O) groups excluding carboxylic acids is 1. The first-order valence-electron chi connectivity index (χ1n) is 9.65. The van der Waals surface area contributed by atoms with E-state index in [9.17, 15) is 14.7 Å². The Labute approximate surface area is 146 Å². The Hall–Kier alpha value is -1.16. The van der Waals surface area contributed by atoms with Crippen molar-refractivity contribution in [3.8, 4) is 0 Å². The maximum atomic E-state index is 12.1. The first-order valence-corrected chi connectivity index (χ1v) is 9.65. The van der Waals surface area contributed by atoms with Crippen LogP contribution in [0.1, 0.15) is 84.0 Å². The van der Waals surface area contributed by atoms with Crippen LogP contribution in [0.15, 0.2) is 12.2 Å². The number of rotatable bonds is 13. The summed E-state index contributed by atoms with van der Waals surface area (Å²) < 4.78 is 0. The number of carbonyl (C=O) groups is 2. The Morgan fingerprint density at radius 3 is 2.67 bits per heavy atom. The summed E-state index contributed by atoms with van der Waals surface area (Å²) in [7, 11) is 0. The average molecular weight is 338 g/mol. The highest BCUT2D eigenvalue weighted by Crippen LogP contribution is 2.34. The molecule has 0 saturated heterocycles. The number of unbranched alkanes of at least 4 members (excludes halogenated alkanes) is 5. The molecular weight excluding hydrogens is 304 g/mol. The fourth-order valence-corrected chi connectivity index (χ4v) is 3.50. The maximum Gasteiger partial charge on any atom is 0.303 e. The largest absolute Gasteiger partial charge is 0.481 e. The minimum atomic E-state index is -0.733. The molecule has 0 heterocycles. The molecule has 0 aromatic carbocycles. The van der Waals surface area contributed by atoms with E-state index in [1.807, 2.05) is 6.08 Å². The van der Waals surface area contributed by atoms with Gasteiger partial charge in [0, 0.05) is 18.8 Å². The third-order valence-corrected chi connectivity index (χ3v) is 4.99. The van der Waals surface area contributed by atoms with Crippen molar-refractivity contribution < 1.29 is 19.8 Å². The third kappa shape index (κ3) is 8.62. The first kappa shape index (κ1) is 20.9. The van der Waals surface area contributed by atoms with Crippen LogP contribution >= 0.6 is 0 Å². The van der Waals surface area contributed by atoms with Gasteiger partial charge in [0.15, 0.2) is 0 Å². The van der Waals surface area contributed by atoms with E-state index in [0.29, 0.717) is 12.2 Å². The van der Waals surface area contributed by atoms with Gasteiger partial charge in [-0.05, 0) is 31.6 Å². The number of allylic oxidation sites excluding steroid dienone is 1. The van der Waals surface area contributed by atoms with Crippen LogP contribution in [0.5, 0.6) is 0 Å². The summed E-state index contributed by atoms with van der Waals surface area (Å²) in [6.45, 7) is 2.15. The van der Waals surface area contributed by atoms with E-state index in [1.54, 1.807) is 0 Å². The van der Waals surface area contributed by atoms with Gasteiger partial charge in [-0.2, -0.15) is 0 Å². The lowest BCUT2D eigenvalue weighted by Crippen LogP contribution is -2.14. The molecule has 0 radical (unpaired) electrons. The first-order chi connectivity index (χ1) is 11.5. The second kappa shape index (κ2) is 12.2. The molecule has 0 spiro atoms. The molecule has 138 valence electrons. The van der Waals surface area contributed by atoms with E-state index in [1.165, 1.54) is 0 Å². The molecule has 0 aliphatic heterocycles. The highest BCUT2D eigenvalue weighted by Gasteiger charge is 2.32. The average Bonchev–Trinajstić information content (AvgIpc) is 2.89. The van der Waals surface area contributed by atoms with Gasteiger partial charge in [-0.15, -0.1) is 0 Å². The molecule has 1 rings (SSSR count). The molecule has 24 heavy (non-hydrogen) atoms. The minimum absolute atomic E-state index is 0.101. The zero-order valence-electron chi connectivity index (χ0n) is 15.1. The lowest BCUT2D eigenvalue weighted by Gasteiger charge is -2.15. The van der Waals surface area contributed by atoms with Crippen LogP contribution in [0.2, 0.25) is 0 Å². The van der Waals surface area contributed by atoms with E-state index in [-0.39, 0.29) is 24.4 Å². The van der Waals surface area contributed by atoms with Gasteiger partial charge in [-0.3, -0.25) is 9.59 Å². The summed E-state index contributed by atoms with van der Waals surface area (Å²) in [6.07, 6.45) is 14.0. The molecule has 1 saturated carbocycles. The number of ketones is 1. The molecule has 1 aliphatic rings. The molecule has 2 N–H and O–H groups in total. The van der Waals surface area contributed by atoms with E-state index >= 15 is 0 Å². The molecule has 0 bridgehead atoms. The fraction of sp³-hybridized carbons (Fsp3) is 0.800. The predicted octanol–water partition coefficient (Wildman–Crippen LogP) is 4.50. The van der Waals surface area contributed by atoms with E-state index < -0.39 is 5.97 Å². The molecule has 0 aromatic heterocycles. The number of carboxylic acid groups (broad SMARTS) is 1. The highest BCUT2D eigenvalue weighted by atomic mass is 16.4. The third-order valence-electron chi connectivity index (χ3n) is 4.99. The summed E-state index contributed by atoms with van der Waals surface area (Å²) in [5.74, 6) is 0.000218. The van der Waals surface area contributed by atoms with E-state index in [0.717, 1.165) is 64.2 Å². The lowest BCUT2D eigenvalue weighted by molar-refractivity contribution is -0.137. The molecule has 1 fully saturated rings. The summed E-state index contributed by atoms with van der Waals surface area (Å²) in [4.78, 5) is 22.5. The van der Waals surface area contributed by atoms with E-state index in [2.05, 4.69) is 13.0 Å². The van der Waals surface area contributed by atoms with Gasteiger partial charge in [-0.1, -0.05) is 57.6 Å². The highest BCUT2D eigenvalue weighted by molar-refractivity contribution is 5.83. The van der Waals surface area contributed by atoms with Crippen LogP contribution < -0.4 is 0 Å². The molecule has 4 heteroatoms. The standard InChI is InChI=1S/C20H34O4/c1-2-3-6-9-17(21)14-12-16-13-15-19(22)18(16)10-7-4-5-8-11-20(23)24/h12,14,16-18,21H,2-11,13,15H2,1H3,(H,23,24)/b14-12+/t16?,17-,18?/m0/s1. The minimum Gasteiger partial charge on any atom is -0.481 e. The summed E-state index contributed by atoms with van der Waals surface area (Å²) >= 11 is 0. The molecule has 3 atom stereocenters. The smallest absolute Gasteiger partial charge is 0.303 e. The van der Waals surface area contributed by atoms with Crippen molar-refractivity contribution in [3.63, 3.8) is 0 Å². The zero-order valence-corrected chi connectivity index (χ0v) is 15.1. The monoisotopic (exact) mass is 338 g/mol. The van der Waals surface area contributed by atoms with Crippen LogP contribution in [-0.2, 0) is 9.59 Å². The van der Waals surface area contributed by atoms with Crippen LogP contribution in [0.3, 0.4) is 0 Å². The molecular formula is C20H34O4. The van der Waals surface area contributed by atoms with E-state index in [4.69, 9.17) is 5.11 Å². The van der Waals surface area contributed by atoms with Gasteiger partial charge < -0.3 is 10.2 Å². The van der Waals surface area contributed by atoms with Crippen molar-refractivity contribution in [3.05, 3.63) is 12.2 Å². The van der Waals surface area contributed by atoms with Crippen molar-refractivity contribution in [2.45, 2.75) is 90.1 Å². The van der Waals surface area contributed by atoms with Crippen molar-refractivity contribution in [2.24, 2.45) is 11.8 Å². The van der Waals surface area contributed by atoms with Crippen molar-refractivity contribution in [1.29, 1.82) is 0 Å². The van der Waals surface area contributed by atoms with Crippen molar-refractivity contribution in [1.82, 2.24) is 0 Å². The van der Waals surface area contributed by atoms with Gasteiger partial charge >= 0.3 is 5.97 Å². The summed E-state index contributed by atoms with van der Waals surface area (Å²) in [6, 6.07) is 0. The summed E-state index contributed by atoms with van der Waals surface area (Å²) in [5.41, 5.74) is 0. The second-order valence-corrected chi connectivity index (χ2v) is 7.07. The van der Waals surface area contributed by atoms with Crippen LogP contribution in [0.25, 0.3) is 0 Å². The Balaban J connectivity index is 2.28. The predicted molar refractivity (Wildman–Crippen MR) is 95.8 cm³/mol. The molecule has 0 aromatic rings. The quantitative estimate of drug-likeness (QED) is 0.383. The number of carboxylic acids is 1. The number of hydrogen-bond donors (Lipinski definition) is 2. The van der Waals surface area contributed by atoms with Gasteiger partial charge in [0.25, 0.3) is 0 Å². The topological polar surface area (TPSA) is 74.6 Å². The molecule has 1 aliphatic carbocycles. The normalized spacial score (nSPS) is 22.3. The number of aliphatic hydroxyl groups is 1. The van der Waals surface area contributed by atoms with Crippen LogP contribution in [-0.4, -0.2) is 28.1 Å². The molecule has 4 nitrogen and oxygen atoms in total. The Morgan fingerprint density at radius 2 is 1.96 bits per heavy atom. The Kier molecular flexibility index (Phi) is 10.6. The van der Waals surface area contributed by atoms with Gasteiger partial charge in [0.05, 0.1) is 6.10 Å². The Bertz CT molecular complexity index is 402. The number of aliphatic carboxylic acids is 1. The maximum absolute atomic E-state index is 12.1. The van der Waals surface area contributed by atoms with Gasteiger partial charge in [0.2, 0.25) is 0 Å². The Morgan fingerprint density at radius 1 is 1.21 bits per heavy atom. The van der Waals surface area contributed by atoms with Crippen molar-refractivity contribution >= 4 is 11.8 Å². The number of hydrogen-bond acceptors (Lipinski definition) is 3. The van der Waals surface area contributed by atoms with Crippen molar-refractivity contribution in [2.75, 3.05) is 0 Å². The summed E-state index contributed by atoms with van der Waals surface area (Å²) in [5, 5.41) is 18.6. The van der Waals surface area contributed by atoms with Gasteiger partial charge in [-0.25, -0.2) is 0 Å². The van der Waals surface area contributed by atoms with Crippen LogP contribution in [0.4, 0.5) is 0 Å². The number of aliphatic hydroxyl groups excluding tert-OH is 1. The SMILES string of the molecule is CCCCC[C@H](O)/C=C/C1CCC(=O)C1CCCCCCC(=O)O. The molecule has 2 unspecified atom stereocenters. The van der Waals surface area contributed by atoms with Gasteiger partial charge in [0.1, 0.15) is 5.78 Å².